The molecule has 0 aliphatic carbocycles. The Morgan fingerprint density at radius 1 is 0.714 bits per heavy atom. The van der Waals surface area contributed by atoms with Crippen LogP contribution in [-0.4, -0.2) is 5.34 Å². The summed E-state index contributed by atoms with van der Waals surface area (Å²) in [5.41, 5.74) is 0. The molecule has 0 bridgehead atoms. The van der Waals surface area contributed by atoms with Crippen LogP contribution in [-0.2, 0) is 0 Å². The van der Waals surface area contributed by atoms with Gasteiger partial charge in [0, 0.05) is 0 Å². The van der Waals surface area contributed by atoms with Crippen LogP contribution >= 0.6 is 91.1 Å². The SMILES string of the molecule is Br.Br.Br.Br.ClCCl. The first-order chi connectivity index (χ1) is 1.41. The van der Waals surface area contributed by atoms with Crippen molar-refractivity contribution in [2.45, 2.75) is 0 Å². The highest BCUT2D eigenvalue weighted by molar-refractivity contribution is 8.93. The maximum atomic E-state index is 4.76. The molecule has 0 radical (unpaired) electrons. The van der Waals surface area contributed by atoms with Crippen molar-refractivity contribution in [3.8, 4) is 0 Å². The van der Waals surface area contributed by atoms with E-state index in [9.17, 15) is 0 Å². The summed E-state index contributed by atoms with van der Waals surface area (Å²) in [6.45, 7) is 0. The molecule has 0 saturated heterocycles. The Labute approximate surface area is 95.4 Å². The predicted octanol–water partition coefficient (Wildman–Crippen LogP) is 3.73. The van der Waals surface area contributed by atoms with Crippen LogP contribution < -0.4 is 0 Å². The molecule has 6 heteroatoms. The smallest absolute Gasteiger partial charge is 0.0967 e. The second-order valence-electron chi connectivity index (χ2n) is 0.101. The molecule has 0 N–H and O–H groups in total. The Balaban J connectivity index is -0.00000000333. The summed E-state index contributed by atoms with van der Waals surface area (Å²) in [5.74, 6) is 0. The van der Waals surface area contributed by atoms with Crippen LogP contribution in [0.25, 0.3) is 0 Å². The highest BCUT2D eigenvalue weighted by Gasteiger charge is 1.41. The molecule has 0 unspecified atom stereocenters. The normalized spacial score (nSPS) is 2.57. The third-order valence-electron chi connectivity index (χ3n) is 0. The molecule has 0 aromatic rings. The van der Waals surface area contributed by atoms with E-state index in [1.807, 2.05) is 0 Å². The van der Waals surface area contributed by atoms with Crippen LogP contribution in [0.1, 0.15) is 0 Å². The number of hydrogen-bond donors (Lipinski definition) is 0. The van der Waals surface area contributed by atoms with Crippen molar-refractivity contribution in [1.29, 1.82) is 0 Å². The molecule has 0 aromatic carbocycles. The fourth-order valence-electron chi connectivity index (χ4n) is 0. The molecule has 7 heavy (non-hydrogen) atoms. The van der Waals surface area contributed by atoms with E-state index >= 15 is 0 Å². The molecule has 0 spiro atoms. The van der Waals surface area contributed by atoms with Crippen molar-refractivity contribution in [2.24, 2.45) is 0 Å². The first-order valence-electron chi connectivity index (χ1n) is 0.535. The van der Waals surface area contributed by atoms with Crippen molar-refractivity contribution in [3.05, 3.63) is 0 Å². The van der Waals surface area contributed by atoms with Gasteiger partial charge in [-0.05, 0) is 0 Å². The molecular formula is CH6Br4Cl2. The van der Waals surface area contributed by atoms with E-state index in [2.05, 4.69) is 0 Å². The highest BCUT2D eigenvalue weighted by atomic mass is 79.9. The monoisotopic (exact) mass is 404 g/mol. The lowest BCUT2D eigenvalue weighted by atomic mass is 11.9. The summed E-state index contributed by atoms with van der Waals surface area (Å²) in [6.07, 6.45) is 0. The Morgan fingerprint density at radius 3 is 0.714 bits per heavy atom. The summed E-state index contributed by atoms with van der Waals surface area (Å²) >= 11 is 9.53. The van der Waals surface area contributed by atoms with Crippen LogP contribution in [0.15, 0.2) is 0 Å². The van der Waals surface area contributed by atoms with Crippen LogP contribution in [0.3, 0.4) is 0 Å². The third kappa shape index (κ3) is 57.5. The Kier molecular flexibility index (Phi) is 189. The van der Waals surface area contributed by atoms with E-state index in [-0.39, 0.29) is 73.3 Å². The van der Waals surface area contributed by atoms with Crippen molar-refractivity contribution in [3.63, 3.8) is 0 Å². The first kappa shape index (κ1) is 33.9. The molecule has 0 rings (SSSR count). The topological polar surface area (TPSA) is 0 Å². The zero-order chi connectivity index (χ0) is 2.71. The minimum absolute atomic E-state index is 0. The average Bonchev–Trinajstić information content (AvgIpc) is 0.918. The van der Waals surface area contributed by atoms with Gasteiger partial charge in [0.1, 0.15) is 0 Å². The van der Waals surface area contributed by atoms with Crippen LogP contribution in [0.4, 0.5) is 0 Å². The second kappa shape index (κ2) is 39.0. The van der Waals surface area contributed by atoms with E-state index in [0.29, 0.717) is 0 Å². The van der Waals surface area contributed by atoms with E-state index < -0.39 is 0 Å². The van der Waals surface area contributed by atoms with Gasteiger partial charge in [-0.1, -0.05) is 0 Å². The first-order valence-corrected chi connectivity index (χ1v) is 1.60. The summed E-state index contributed by atoms with van der Waals surface area (Å²) in [5, 5.41) is 0.194. The molecular weight excluding hydrogens is 403 g/mol. The highest BCUT2D eigenvalue weighted by Crippen LogP contribution is 1.73. The zero-order valence-electron chi connectivity index (χ0n) is 3.10. The Hall–Kier alpha value is 2.50. The molecule has 52 valence electrons. The molecule has 0 heterocycles. The summed E-state index contributed by atoms with van der Waals surface area (Å²) in [6, 6.07) is 0. The molecule has 0 nitrogen and oxygen atoms in total. The molecule has 0 aromatic heterocycles. The number of alkyl halides is 2. The lowest BCUT2D eigenvalue weighted by Gasteiger charge is -1.42. The zero-order valence-corrected chi connectivity index (χ0v) is 11.5. The summed E-state index contributed by atoms with van der Waals surface area (Å²) < 4.78 is 0. The molecule has 0 aliphatic heterocycles. The lowest BCUT2D eigenvalue weighted by molar-refractivity contribution is 2.20. The average molecular weight is 409 g/mol. The van der Waals surface area contributed by atoms with Gasteiger partial charge in [0.2, 0.25) is 0 Å². The van der Waals surface area contributed by atoms with E-state index in [1.54, 1.807) is 0 Å². The Morgan fingerprint density at radius 2 is 0.714 bits per heavy atom. The Bertz CT molecular complexity index is 9.65. The summed E-state index contributed by atoms with van der Waals surface area (Å²) in [7, 11) is 0. The van der Waals surface area contributed by atoms with E-state index in [0.717, 1.165) is 0 Å². The number of hydrogen-bond acceptors (Lipinski definition) is 0. The van der Waals surface area contributed by atoms with Gasteiger partial charge in [0.15, 0.2) is 0 Å². The molecule has 0 atom stereocenters. The maximum absolute atomic E-state index is 4.76. The van der Waals surface area contributed by atoms with E-state index in [1.165, 1.54) is 0 Å². The third-order valence-corrected chi connectivity index (χ3v) is 0. The standard InChI is InChI=1S/CH2Cl2.4BrH/c2-1-3;;;;/h1H2;4*1H. The number of halogens is 6. The quantitative estimate of drug-likeness (QED) is 0.536. The minimum atomic E-state index is 0. The molecule has 0 fully saturated rings. The predicted molar refractivity (Wildman–Crippen MR) is 57.9 cm³/mol. The number of rotatable bonds is 0. The fraction of sp³-hybridized carbons (Fsp3) is 1.00. The molecule has 0 amide bonds. The van der Waals surface area contributed by atoms with E-state index in [4.69, 9.17) is 23.2 Å². The fourth-order valence-corrected chi connectivity index (χ4v) is 0. The second-order valence-corrected chi connectivity index (χ2v) is 0.909. The van der Waals surface area contributed by atoms with Crippen molar-refractivity contribution in [2.75, 3.05) is 5.34 Å². The largest absolute Gasteiger partial charge is 0.114 e. The van der Waals surface area contributed by atoms with Crippen molar-refractivity contribution in [1.82, 2.24) is 0 Å². The lowest BCUT2D eigenvalue weighted by Crippen LogP contribution is -1.24. The van der Waals surface area contributed by atoms with Crippen molar-refractivity contribution < 1.29 is 0 Å². The van der Waals surface area contributed by atoms with Gasteiger partial charge in [-0.2, -0.15) is 0 Å². The maximum Gasteiger partial charge on any atom is 0.0967 e. The van der Waals surface area contributed by atoms with Gasteiger partial charge < -0.3 is 0 Å². The van der Waals surface area contributed by atoms with Gasteiger partial charge in [0.25, 0.3) is 0 Å². The van der Waals surface area contributed by atoms with Crippen LogP contribution in [0.2, 0.25) is 0 Å². The van der Waals surface area contributed by atoms with Crippen LogP contribution in [0, 0.1) is 0 Å². The van der Waals surface area contributed by atoms with Gasteiger partial charge in [0.05, 0.1) is 5.34 Å². The summed E-state index contributed by atoms with van der Waals surface area (Å²) in [4.78, 5) is 0. The van der Waals surface area contributed by atoms with Gasteiger partial charge in [-0.15, -0.1) is 91.1 Å². The molecule has 0 aliphatic rings. The van der Waals surface area contributed by atoms with Gasteiger partial charge in [-0.3, -0.25) is 0 Å². The van der Waals surface area contributed by atoms with Crippen molar-refractivity contribution >= 4 is 91.1 Å². The molecule has 0 saturated carbocycles. The van der Waals surface area contributed by atoms with Gasteiger partial charge in [-0.25, -0.2) is 0 Å². The van der Waals surface area contributed by atoms with Gasteiger partial charge >= 0.3 is 0 Å². The minimum Gasteiger partial charge on any atom is -0.114 e. The van der Waals surface area contributed by atoms with Crippen LogP contribution in [0.5, 0.6) is 0 Å².